The van der Waals surface area contributed by atoms with E-state index in [9.17, 15) is 27.6 Å². The summed E-state index contributed by atoms with van der Waals surface area (Å²) in [6.07, 6.45) is -5.77. The molecule has 0 unspecified atom stereocenters. The van der Waals surface area contributed by atoms with E-state index < -0.39 is 54.6 Å². The lowest BCUT2D eigenvalue weighted by molar-refractivity contribution is -0.177. The first-order chi connectivity index (χ1) is 16.3. The van der Waals surface area contributed by atoms with Crippen molar-refractivity contribution in [3.8, 4) is 5.75 Å². The second-order valence-electron chi connectivity index (χ2n) is 8.23. The second-order valence-corrected chi connectivity index (χ2v) is 9.54. The fourth-order valence-electron chi connectivity index (χ4n) is 3.30. The van der Waals surface area contributed by atoms with Crippen LogP contribution in [-0.4, -0.2) is 36.3 Å². The van der Waals surface area contributed by atoms with Gasteiger partial charge in [0, 0.05) is 27.4 Å². The molecule has 0 aliphatic carbocycles. The smallest absolute Gasteiger partial charge is 0.450 e. The molecule has 0 bridgehead atoms. The van der Waals surface area contributed by atoms with Crippen LogP contribution in [0, 0.1) is 11.8 Å². The molecule has 0 saturated carbocycles. The zero-order chi connectivity index (χ0) is 26.3. The normalized spacial score (nSPS) is 13.3. The van der Waals surface area contributed by atoms with Crippen LogP contribution in [0.1, 0.15) is 25.8 Å². The molecule has 0 spiro atoms. The molecule has 5 nitrogen and oxygen atoms in total. The third-order valence-electron chi connectivity index (χ3n) is 5.12. The summed E-state index contributed by atoms with van der Waals surface area (Å²) in [5.41, 5.74) is 0.610. The van der Waals surface area contributed by atoms with Gasteiger partial charge >= 0.3 is 6.18 Å². The fourth-order valence-corrected chi connectivity index (χ4v) is 3.93. The van der Waals surface area contributed by atoms with Crippen LogP contribution in [0.15, 0.2) is 42.5 Å². The molecule has 190 valence electrons. The summed E-state index contributed by atoms with van der Waals surface area (Å²) in [6.45, 7) is 2.35. The first kappa shape index (κ1) is 28.9. The van der Waals surface area contributed by atoms with E-state index in [-0.39, 0.29) is 22.2 Å². The van der Waals surface area contributed by atoms with Gasteiger partial charge in [0.15, 0.2) is 12.4 Å². The van der Waals surface area contributed by atoms with E-state index in [0.717, 1.165) is 0 Å². The van der Waals surface area contributed by atoms with Gasteiger partial charge in [0.2, 0.25) is 5.78 Å². The van der Waals surface area contributed by atoms with Gasteiger partial charge in [-0.05, 0) is 48.2 Å². The number of ketones is 2. The summed E-state index contributed by atoms with van der Waals surface area (Å²) in [4.78, 5) is 37.4. The highest BCUT2D eigenvalue weighted by molar-refractivity contribution is 6.34. The highest BCUT2D eigenvalue weighted by Crippen LogP contribution is 2.28. The van der Waals surface area contributed by atoms with E-state index >= 15 is 0 Å². The number of carbonyl (C=O) groups excluding carboxylic acids is 3. The van der Waals surface area contributed by atoms with E-state index in [1.54, 1.807) is 24.3 Å². The zero-order valence-corrected chi connectivity index (χ0v) is 21.1. The second kappa shape index (κ2) is 12.6. The van der Waals surface area contributed by atoms with Crippen molar-refractivity contribution in [3.63, 3.8) is 0 Å². The highest BCUT2D eigenvalue weighted by atomic mass is 35.5. The summed E-state index contributed by atoms with van der Waals surface area (Å²) < 4.78 is 44.5. The molecule has 1 amide bonds. The number of Topliss-reactive ketones (excluding diaryl/α,β-unsaturated/α-hetero) is 2. The largest absolute Gasteiger partial charge is 0.484 e. The molecule has 0 aliphatic heterocycles. The molecule has 35 heavy (non-hydrogen) atoms. The van der Waals surface area contributed by atoms with Crippen molar-refractivity contribution in [2.75, 3.05) is 6.61 Å². The summed E-state index contributed by atoms with van der Waals surface area (Å²) >= 11 is 17.7. The van der Waals surface area contributed by atoms with Gasteiger partial charge in [-0.15, -0.1) is 0 Å². The van der Waals surface area contributed by atoms with Gasteiger partial charge in [-0.25, -0.2) is 0 Å². The number of hydrogen-bond acceptors (Lipinski definition) is 4. The van der Waals surface area contributed by atoms with E-state index in [1.165, 1.54) is 32.0 Å². The van der Waals surface area contributed by atoms with Crippen LogP contribution in [-0.2, 0) is 20.8 Å². The maximum Gasteiger partial charge on any atom is 0.450 e. The van der Waals surface area contributed by atoms with Crippen molar-refractivity contribution in [1.82, 2.24) is 5.32 Å². The van der Waals surface area contributed by atoms with Crippen molar-refractivity contribution in [3.05, 3.63) is 63.1 Å². The van der Waals surface area contributed by atoms with Gasteiger partial charge in [-0.1, -0.05) is 60.8 Å². The predicted molar refractivity (Wildman–Crippen MR) is 128 cm³/mol. The number of hydrogen-bond donors (Lipinski definition) is 1. The van der Waals surface area contributed by atoms with E-state index in [0.29, 0.717) is 10.6 Å². The average molecular weight is 553 g/mol. The average Bonchev–Trinajstić information content (AvgIpc) is 2.75. The quantitative estimate of drug-likeness (QED) is 0.365. The maximum atomic E-state index is 13.0. The molecule has 11 heteroatoms. The predicted octanol–water partition coefficient (Wildman–Crippen LogP) is 6.12. The highest BCUT2D eigenvalue weighted by Gasteiger charge is 2.45. The Bertz CT molecular complexity index is 1040. The van der Waals surface area contributed by atoms with Crippen LogP contribution >= 0.6 is 34.8 Å². The maximum absolute atomic E-state index is 13.0. The van der Waals surface area contributed by atoms with Crippen molar-refractivity contribution in [2.24, 2.45) is 11.8 Å². The lowest BCUT2D eigenvalue weighted by Crippen LogP contribution is -2.46. The number of alkyl halides is 3. The molecular formula is C24H23Cl3F3NO4. The Morgan fingerprint density at radius 2 is 1.51 bits per heavy atom. The summed E-state index contributed by atoms with van der Waals surface area (Å²) in [7, 11) is 0. The zero-order valence-electron chi connectivity index (χ0n) is 18.8. The molecule has 2 atom stereocenters. The fraction of sp³-hybridized carbons (Fsp3) is 0.375. The summed E-state index contributed by atoms with van der Waals surface area (Å²) in [5.74, 6) is -5.48. The molecule has 1 N–H and O–H groups in total. The summed E-state index contributed by atoms with van der Waals surface area (Å²) in [6, 6.07) is 9.56. The number of carbonyl (C=O) groups is 3. The van der Waals surface area contributed by atoms with E-state index in [1.807, 2.05) is 0 Å². The van der Waals surface area contributed by atoms with Crippen molar-refractivity contribution < 1.29 is 32.3 Å². The van der Waals surface area contributed by atoms with Gasteiger partial charge < -0.3 is 10.1 Å². The minimum absolute atomic E-state index is 0.0181. The molecule has 0 aliphatic rings. The van der Waals surface area contributed by atoms with Crippen LogP contribution in [0.2, 0.25) is 15.1 Å². The number of nitrogens with one attached hydrogen (secondary N) is 1. The first-order valence-corrected chi connectivity index (χ1v) is 11.7. The minimum atomic E-state index is -5.07. The van der Waals surface area contributed by atoms with Crippen molar-refractivity contribution in [2.45, 2.75) is 38.9 Å². The van der Waals surface area contributed by atoms with Gasteiger partial charge in [0.05, 0.1) is 6.04 Å². The molecule has 0 heterocycles. The van der Waals surface area contributed by atoms with Crippen LogP contribution in [0.5, 0.6) is 5.75 Å². The lowest BCUT2D eigenvalue weighted by Gasteiger charge is -2.24. The molecule has 2 aromatic carbocycles. The lowest BCUT2D eigenvalue weighted by atomic mass is 9.84. The SMILES string of the molecule is CC(C)[C@H](CC(=O)[C@H](Cc1ccc(Cl)cc1)NC(=O)COc1cc(Cl)cc(Cl)c1)C(=O)C(F)(F)F. The van der Waals surface area contributed by atoms with E-state index in [2.05, 4.69) is 5.32 Å². The Labute approximate surface area is 215 Å². The molecule has 2 rings (SSSR count). The number of benzene rings is 2. The molecule has 0 radical (unpaired) electrons. The molecule has 0 saturated heterocycles. The third kappa shape index (κ3) is 9.35. The van der Waals surface area contributed by atoms with Gasteiger partial charge in [-0.3, -0.25) is 14.4 Å². The first-order valence-electron chi connectivity index (χ1n) is 10.5. The van der Waals surface area contributed by atoms with Crippen LogP contribution in [0.3, 0.4) is 0 Å². The Morgan fingerprint density at radius 1 is 0.943 bits per heavy atom. The van der Waals surface area contributed by atoms with Gasteiger partial charge in [0.1, 0.15) is 5.75 Å². The number of rotatable bonds is 11. The van der Waals surface area contributed by atoms with Crippen LogP contribution < -0.4 is 10.1 Å². The van der Waals surface area contributed by atoms with E-state index in [4.69, 9.17) is 39.5 Å². The number of amides is 1. The van der Waals surface area contributed by atoms with Crippen LogP contribution in [0.25, 0.3) is 0 Å². The standard InChI is InChI=1S/C24H23Cl3F3NO4/c1-13(2)19(23(34)24(28,29)30)11-21(32)20(7-14-3-5-15(25)6-4-14)31-22(33)12-35-18-9-16(26)8-17(27)10-18/h3-6,8-10,13,19-20H,7,11-12H2,1-2H3,(H,31,33)/t19-,20-/m0/s1. The summed E-state index contributed by atoms with van der Waals surface area (Å²) in [5, 5.41) is 3.52. The van der Waals surface area contributed by atoms with Crippen molar-refractivity contribution >= 4 is 52.3 Å². The monoisotopic (exact) mass is 551 g/mol. The van der Waals surface area contributed by atoms with Crippen LogP contribution in [0.4, 0.5) is 13.2 Å². The Morgan fingerprint density at radius 3 is 2.03 bits per heavy atom. The topological polar surface area (TPSA) is 72.5 Å². The number of halogens is 6. The minimum Gasteiger partial charge on any atom is -0.484 e. The molecule has 0 aromatic heterocycles. The third-order valence-corrected chi connectivity index (χ3v) is 5.81. The Balaban J connectivity index is 2.18. The molecule has 2 aromatic rings. The van der Waals surface area contributed by atoms with Crippen molar-refractivity contribution in [1.29, 1.82) is 0 Å². The van der Waals surface area contributed by atoms with Gasteiger partial charge in [0.25, 0.3) is 5.91 Å². The Hall–Kier alpha value is -2.29. The molecule has 0 fully saturated rings. The molecular weight excluding hydrogens is 530 g/mol. The van der Waals surface area contributed by atoms with Gasteiger partial charge in [-0.2, -0.15) is 13.2 Å². The number of ether oxygens (including phenoxy) is 1. The Kier molecular flexibility index (Phi) is 10.4.